The third-order valence-electron chi connectivity index (χ3n) is 6.11. The molecule has 15 heteroatoms. The minimum atomic E-state index is -5.59. The number of alkyl halides is 6. The Morgan fingerprint density at radius 2 is 1.67 bits per heavy atom. The number of allylic oxidation sites excluding steroid dienone is 3. The molecule has 39 heavy (non-hydrogen) atoms. The quantitative estimate of drug-likeness (QED) is 0.327. The Morgan fingerprint density at radius 1 is 0.974 bits per heavy atom. The lowest BCUT2D eigenvalue weighted by atomic mass is 9.89. The summed E-state index contributed by atoms with van der Waals surface area (Å²) in [6.45, 7) is 0. The van der Waals surface area contributed by atoms with E-state index in [1.54, 1.807) is 4.72 Å². The molecule has 0 fully saturated rings. The van der Waals surface area contributed by atoms with Crippen molar-refractivity contribution in [3.63, 3.8) is 0 Å². The Kier molecular flexibility index (Phi) is 7.80. The number of sulfonamides is 1. The zero-order valence-electron chi connectivity index (χ0n) is 19.5. The Hall–Kier alpha value is -3.04. The molecule has 6 nitrogen and oxygen atoms in total. The topological polar surface area (TPSA) is 89.5 Å². The zero-order valence-corrected chi connectivity index (χ0v) is 21.2. The Bertz CT molecular complexity index is 1510. The lowest BCUT2D eigenvalue weighted by Gasteiger charge is -2.21. The van der Waals surface area contributed by atoms with Gasteiger partial charge in [-0.05, 0) is 67.2 Å². The average molecular weight is 598 g/mol. The van der Waals surface area contributed by atoms with E-state index >= 15 is 0 Å². The van der Waals surface area contributed by atoms with Crippen LogP contribution in [0.1, 0.15) is 36.0 Å². The van der Waals surface area contributed by atoms with Crippen LogP contribution in [-0.4, -0.2) is 36.3 Å². The van der Waals surface area contributed by atoms with Gasteiger partial charge in [0.2, 0.25) is 0 Å². The molecule has 0 saturated heterocycles. The molecule has 2 atom stereocenters. The van der Waals surface area contributed by atoms with Crippen LogP contribution in [0.2, 0.25) is 0 Å². The van der Waals surface area contributed by atoms with E-state index in [0.29, 0.717) is 11.1 Å². The second-order valence-corrected chi connectivity index (χ2v) is 11.7. The van der Waals surface area contributed by atoms with Gasteiger partial charge in [0.15, 0.2) is 5.78 Å². The molecule has 0 heterocycles. The molecule has 0 aliphatic heterocycles. The number of carbonyl (C=O) groups is 1. The van der Waals surface area contributed by atoms with E-state index in [2.05, 4.69) is 4.74 Å². The second kappa shape index (κ2) is 10.5. The van der Waals surface area contributed by atoms with Gasteiger partial charge in [0.05, 0.1) is 20.6 Å². The number of benzene rings is 2. The Morgan fingerprint density at radius 3 is 2.31 bits per heavy atom. The number of hydrogen-bond acceptors (Lipinski definition) is 5. The van der Waals surface area contributed by atoms with Crippen LogP contribution < -0.4 is 9.46 Å². The summed E-state index contributed by atoms with van der Waals surface area (Å²) in [7, 11) is -8.03. The van der Waals surface area contributed by atoms with Crippen molar-refractivity contribution in [2.45, 2.75) is 53.4 Å². The van der Waals surface area contributed by atoms with E-state index in [0.717, 1.165) is 30.3 Å². The first kappa shape index (κ1) is 29.0. The first-order chi connectivity index (χ1) is 18.1. The molecule has 0 radical (unpaired) electrons. The van der Waals surface area contributed by atoms with Crippen LogP contribution in [-0.2, 0) is 20.8 Å². The summed E-state index contributed by atoms with van der Waals surface area (Å²) in [5.74, 6) is -2.43. The molecular weight excluding hydrogens is 579 g/mol. The summed E-state index contributed by atoms with van der Waals surface area (Å²) < 4.78 is 133. The van der Waals surface area contributed by atoms with Crippen LogP contribution >= 0.6 is 0 Å². The van der Waals surface area contributed by atoms with Crippen molar-refractivity contribution in [3.05, 3.63) is 76.6 Å². The van der Waals surface area contributed by atoms with Crippen LogP contribution in [0.15, 0.2) is 75.1 Å². The van der Waals surface area contributed by atoms with Crippen molar-refractivity contribution in [2.24, 2.45) is 0 Å². The molecule has 0 bridgehead atoms. The van der Waals surface area contributed by atoms with Gasteiger partial charge >= 0.3 is 21.9 Å². The first-order valence-electron chi connectivity index (χ1n) is 11.2. The van der Waals surface area contributed by atoms with E-state index in [1.165, 1.54) is 18.2 Å². The molecule has 2 aliphatic rings. The fraction of sp³-hybridized carbons (Fsp3) is 0.292. The minimum Gasteiger partial charge on any atom is -0.406 e. The third kappa shape index (κ3) is 6.25. The Balaban J connectivity index is 1.69. The van der Waals surface area contributed by atoms with Crippen molar-refractivity contribution >= 4 is 26.6 Å². The van der Waals surface area contributed by atoms with Crippen LogP contribution in [0.5, 0.6) is 5.75 Å². The molecule has 2 aromatic carbocycles. The van der Waals surface area contributed by atoms with Gasteiger partial charge in [-0.25, -0.2) is 21.7 Å². The molecule has 2 unspecified atom stereocenters. The average Bonchev–Trinajstić information content (AvgIpc) is 3.23. The minimum absolute atomic E-state index is 0.0317. The summed E-state index contributed by atoms with van der Waals surface area (Å²) in [6, 6.07) is 6.24. The highest BCUT2D eigenvalue weighted by atomic mass is 32.2. The highest BCUT2D eigenvalue weighted by Gasteiger charge is 2.48. The maximum absolute atomic E-state index is 14.3. The molecule has 0 saturated carbocycles. The molecule has 1 N–H and O–H groups in total. The summed E-state index contributed by atoms with van der Waals surface area (Å²) >= 11 is 0. The highest BCUT2D eigenvalue weighted by Crippen LogP contribution is 2.39. The first-order valence-corrected chi connectivity index (χ1v) is 13.8. The van der Waals surface area contributed by atoms with E-state index in [9.17, 15) is 48.2 Å². The summed E-state index contributed by atoms with van der Waals surface area (Å²) in [5, 5.41) is 0. The van der Waals surface area contributed by atoms with Crippen molar-refractivity contribution in [3.8, 4) is 5.75 Å². The van der Waals surface area contributed by atoms with Crippen molar-refractivity contribution in [2.75, 3.05) is 0 Å². The SMILES string of the molecule is O=C(C1=CC2=C(CC1)C(NS(=O)(=O)C(F)(F)F)CC2)c1ccc(OC(F)(F)F)cc1S(=O)c1ccccc1F. The summed E-state index contributed by atoms with van der Waals surface area (Å²) in [6.07, 6.45) is -3.50. The van der Waals surface area contributed by atoms with Crippen molar-refractivity contribution < 1.29 is 52.9 Å². The van der Waals surface area contributed by atoms with Crippen LogP contribution in [0.25, 0.3) is 0 Å². The molecule has 4 rings (SSSR count). The fourth-order valence-corrected chi connectivity index (χ4v) is 6.44. The van der Waals surface area contributed by atoms with Crippen molar-refractivity contribution in [1.82, 2.24) is 4.72 Å². The number of nitrogens with one attached hydrogen (secondary N) is 1. The van der Waals surface area contributed by atoms with Gasteiger partial charge in [-0.1, -0.05) is 18.2 Å². The predicted octanol–water partition coefficient (Wildman–Crippen LogP) is 5.69. The molecule has 0 amide bonds. The van der Waals surface area contributed by atoms with Gasteiger partial charge in [0.1, 0.15) is 11.6 Å². The summed E-state index contributed by atoms with van der Waals surface area (Å²) in [4.78, 5) is 12.6. The number of halogens is 7. The number of ketones is 1. The van der Waals surface area contributed by atoms with Crippen LogP contribution in [0, 0.1) is 5.82 Å². The van der Waals surface area contributed by atoms with E-state index in [-0.39, 0.29) is 41.7 Å². The lowest BCUT2D eigenvalue weighted by Crippen LogP contribution is -2.42. The lowest BCUT2D eigenvalue weighted by molar-refractivity contribution is -0.274. The van der Waals surface area contributed by atoms with Gasteiger partial charge < -0.3 is 4.74 Å². The maximum atomic E-state index is 14.3. The monoisotopic (exact) mass is 597 g/mol. The van der Waals surface area contributed by atoms with Gasteiger partial charge in [-0.15, -0.1) is 13.2 Å². The third-order valence-corrected chi connectivity index (χ3v) is 8.78. The molecule has 2 aliphatic carbocycles. The van der Waals surface area contributed by atoms with Gasteiger partial charge in [0, 0.05) is 17.2 Å². The van der Waals surface area contributed by atoms with E-state index in [4.69, 9.17) is 0 Å². The second-order valence-electron chi connectivity index (χ2n) is 8.61. The zero-order chi connectivity index (χ0) is 28.8. The molecule has 0 aromatic heterocycles. The van der Waals surface area contributed by atoms with E-state index in [1.807, 2.05) is 0 Å². The number of ether oxygens (including phenoxy) is 1. The van der Waals surface area contributed by atoms with Gasteiger partial charge in [0.25, 0.3) is 0 Å². The van der Waals surface area contributed by atoms with Crippen LogP contribution in [0.3, 0.4) is 0 Å². The highest BCUT2D eigenvalue weighted by molar-refractivity contribution is 7.90. The van der Waals surface area contributed by atoms with Gasteiger partial charge in [-0.3, -0.25) is 4.79 Å². The van der Waals surface area contributed by atoms with E-state index < -0.39 is 61.0 Å². The largest absolute Gasteiger partial charge is 0.573 e. The number of Topliss-reactive ketones (excluding diaryl/α,β-unsaturated/α-hetero) is 1. The Labute approximate surface area is 220 Å². The molecule has 0 spiro atoms. The number of rotatable bonds is 7. The summed E-state index contributed by atoms with van der Waals surface area (Å²) in [5.41, 5.74) is -4.82. The predicted molar refractivity (Wildman–Crippen MR) is 124 cm³/mol. The molecule has 210 valence electrons. The smallest absolute Gasteiger partial charge is 0.406 e. The van der Waals surface area contributed by atoms with Crippen molar-refractivity contribution in [1.29, 1.82) is 0 Å². The normalized spacial score (nSPS) is 18.9. The number of hydrogen-bond donors (Lipinski definition) is 1. The maximum Gasteiger partial charge on any atom is 0.573 e. The van der Waals surface area contributed by atoms with Gasteiger partial charge in [-0.2, -0.15) is 13.2 Å². The number of carbonyl (C=O) groups excluding carboxylic acids is 1. The van der Waals surface area contributed by atoms with Crippen LogP contribution in [0.4, 0.5) is 30.7 Å². The fourth-order valence-electron chi connectivity index (χ4n) is 4.40. The molecule has 2 aromatic rings. The standard InChI is InChI=1S/C24H18F7NO5S2/c25-18-3-1-2-4-20(18)38(34)21-12-15(37-23(26,27)28)7-9-17(21)22(33)14-5-8-16-13(11-14)6-10-19(16)32-39(35,36)24(29,30)31/h1-4,7,9,11-12,19,32H,5-6,8,10H2. The molecular formula is C24H18F7NO5S2.